The second-order valence-electron chi connectivity index (χ2n) is 5.01. The maximum absolute atomic E-state index is 5.65. The van der Waals surface area contributed by atoms with Gasteiger partial charge >= 0.3 is 0 Å². The molecule has 0 spiro atoms. The van der Waals surface area contributed by atoms with Crippen molar-refractivity contribution in [2.75, 3.05) is 26.2 Å². The number of aromatic nitrogens is 1. The van der Waals surface area contributed by atoms with Crippen LogP contribution in [0.25, 0.3) is 11.3 Å². The number of ether oxygens (including phenoxy) is 1. The Balaban J connectivity index is 1.65. The predicted octanol–water partition coefficient (Wildman–Crippen LogP) is 1.50. The highest BCUT2D eigenvalue weighted by molar-refractivity contribution is 5.56. The van der Waals surface area contributed by atoms with Crippen LogP contribution >= 0.6 is 0 Å². The molecule has 1 atom stereocenters. The average Bonchev–Trinajstić information content (AvgIpc) is 2.97. The van der Waals surface area contributed by atoms with Crippen LogP contribution in [0.2, 0.25) is 0 Å². The SMILES string of the molecule is NCC1CN(Cc2cc(-c3ccccc3)on2)CCO1. The van der Waals surface area contributed by atoms with Crippen LogP contribution in [0.3, 0.4) is 0 Å². The highest BCUT2D eigenvalue weighted by Gasteiger charge is 2.20. The lowest BCUT2D eigenvalue weighted by molar-refractivity contribution is -0.0266. The molecule has 3 rings (SSSR count). The molecule has 0 aliphatic carbocycles. The van der Waals surface area contributed by atoms with Gasteiger partial charge in [-0.1, -0.05) is 35.5 Å². The zero-order valence-corrected chi connectivity index (χ0v) is 11.4. The maximum atomic E-state index is 5.65. The van der Waals surface area contributed by atoms with Crippen molar-refractivity contribution < 1.29 is 9.26 Å². The molecule has 1 saturated heterocycles. The van der Waals surface area contributed by atoms with E-state index in [9.17, 15) is 0 Å². The number of nitrogens with two attached hydrogens (primary N) is 1. The second kappa shape index (κ2) is 6.17. The fourth-order valence-corrected chi connectivity index (χ4v) is 2.42. The summed E-state index contributed by atoms with van der Waals surface area (Å²) in [5.74, 6) is 0.809. The van der Waals surface area contributed by atoms with Crippen LogP contribution in [0.15, 0.2) is 40.9 Å². The summed E-state index contributed by atoms with van der Waals surface area (Å²) in [6.45, 7) is 3.82. The Kier molecular flexibility index (Phi) is 4.11. The zero-order chi connectivity index (χ0) is 13.8. The van der Waals surface area contributed by atoms with Gasteiger partial charge in [0, 0.05) is 37.8 Å². The first kappa shape index (κ1) is 13.3. The summed E-state index contributed by atoms with van der Waals surface area (Å²) in [7, 11) is 0. The number of rotatable bonds is 4. The molecule has 0 radical (unpaired) electrons. The molecule has 1 fully saturated rings. The van der Waals surface area contributed by atoms with Crippen LogP contribution in [0.1, 0.15) is 5.69 Å². The summed E-state index contributed by atoms with van der Waals surface area (Å²) in [6, 6.07) is 12.0. The molecule has 2 N–H and O–H groups in total. The molecule has 2 heterocycles. The molecule has 1 aromatic heterocycles. The van der Waals surface area contributed by atoms with Crippen LogP contribution in [0.5, 0.6) is 0 Å². The molecule has 20 heavy (non-hydrogen) atoms. The minimum Gasteiger partial charge on any atom is -0.374 e. The Bertz CT molecular complexity index is 541. The van der Waals surface area contributed by atoms with E-state index >= 15 is 0 Å². The van der Waals surface area contributed by atoms with E-state index in [4.69, 9.17) is 15.0 Å². The Morgan fingerprint density at radius 2 is 2.15 bits per heavy atom. The molecule has 1 aromatic carbocycles. The standard InChI is InChI=1S/C15H19N3O2/c16-9-14-11-18(6-7-19-14)10-13-8-15(20-17-13)12-4-2-1-3-5-12/h1-5,8,14H,6-7,9-11,16H2. The van der Waals surface area contributed by atoms with E-state index < -0.39 is 0 Å². The second-order valence-corrected chi connectivity index (χ2v) is 5.01. The minimum absolute atomic E-state index is 0.129. The van der Waals surface area contributed by atoms with E-state index in [0.29, 0.717) is 6.54 Å². The first-order valence-corrected chi connectivity index (χ1v) is 6.90. The summed E-state index contributed by atoms with van der Waals surface area (Å²) in [5, 5.41) is 4.15. The fourth-order valence-electron chi connectivity index (χ4n) is 2.42. The van der Waals surface area contributed by atoms with Gasteiger partial charge in [0.05, 0.1) is 18.4 Å². The van der Waals surface area contributed by atoms with Crippen molar-refractivity contribution in [2.24, 2.45) is 5.73 Å². The Morgan fingerprint density at radius 3 is 2.95 bits per heavy atom. The van der Waals surface area contributed by atoms with Gasteiger partial charge in [-0.2, -0.15) is 0 Å². The van der Waals surface area contributed by atoms with Crippen molar-refractivity contribution in [1.82, 2.24) is 10.1 Å². The van der Waals surface area contributed by atoms with Crippen molar-refractivity contribution in [1.29, 1.82) is 0 Å². The number of nitrogens with zero attached hydrogens (tertiary/aromatic N) is 2. The molecular formula is C15H19N3O2. The summed E-state index contributed by atoms with van der Waals surface area (Å²) in [5.41, 5.74) is 7.65. The lowest BCUT2D eigenvalue weighted by Gasteiger charge is -2.31. The van der Waals surface area contributed by atoms with E-state index in [-0.39, 0.29) is 6.10 Å². The maximum Gasteiger partial charge on any atom is 0.167 e. The van der Waals surface area contributed by atoms with E-state index in [0.717, 1.165) is 43.3 Å². The lowest BCUT2D eigenvalue weighted by Crippen LogP contribution is -2.45. The Hall–Kier alpha value is -1.69. The van der Waals surface area contributed by atoms with Gasteiger partial charge in [0.25, 0.3) is 0 Å². The summed E-state index contributed by atoms with van der Waals surface area (Å²) >= 11 is 0. The number of morpholine rings is 1. The molecule has 1 unspecified atom stereocenters. The van der Waals surface area contributed by atoms with E-state index in [1.165, 1.54) is 0 Å². The van der Waals surface area contributed by atoms with Gasteiger partial charge in [-0.05, 0) is 0 Å². The zero-order valence-electron chi connectivity index (χ0n) is 11.4. The van der Waals surface area contributed by atoms with E-state index in [2.05, 4.69) is 10.1 Å². The van der Waals surface area contributed by atoms with Gasteiger partial charge < -0.3 is 15.0 Å². The third-order valence-electron chi connectivity index (χ3n) is 3.49. The van der Waals surface area contributed by atoms with Crippen LogP contribution in [-0.2, 0) is 11.3 Å². The highest BCUT2D eigenvalue weighted by Crippen LogP contribution is 2.20. The van der Waals surface area contributed by atoms with Crippen molar-refractivity contribution in [2.45, 2.75) is 12.6 Å². The first-order chi connectivity index (χ1) is 9.85. The quantitative estimate of drug-likeness (QED) is 0.914. The molecule has 0 amide bonds. The van der Waals surface area contributed by atoms with Gasteiger partial charge in [0.15, 0.2) is 5.76 Å². The van der Waals surface area contributed by atoms with Crippen molar-refractivity contribution >= 4 is 0 Å². The number of benzene rings is 1. The lowest BCUT2D eigenvalue weighted by atomic mass is 10.1. The smallest absolute Gasteiger partial charge is 0.167 e. The molecule has 5 nitrogen and oxygen atoms in total. The number of hydrogen-bond donors (Lipinski definition) is 1. The third-order valence-corrected chi connectivity index (χ3v) is 3.49. The van der Waals surface area contributed by atoms with Crippen molar-refractivity contribution in [3.8, 4) is 11.3 Å². The Morgan fingerprint density at radius 1 is 1.30 bits per heavy atom. The average molecular weight is 273 g/mol. The van der Waals surface area contributed by atoms with Crippen LogP contribution in [-0.4, -0.2) is 42.4 Å². The largest absolute Gasteiger partial charge is 0.374 e. The highest BCUT2D eigenvalue weighted by atomic mass is 16.5. The fraction of sp³-hybridized carbons (Fsp3) is 0.400. The topological polar surface area (TPSA) is 64.5 Å². The van der Waals surface area contributed by atoms with Crippen LogP contribution in [0.4, 0.5) is 0 Å². The van der Waals surface area contributed by atoms with E-state index in [1.54, 1.807) is 0 Å². The van der Waals surface area contributed by atoms with Gasteiger partial charge in [-0.3, -0.25) is 4.90 Å². The first-order valence-electron chi connectivity index (χ1n) is 6.90. The monoisotopic (exact) mass is 273 g/mol. The minimum atomic E-state index is 0.129. The molecular weight excluding hydrogens is 254 g/mol. The molecule has 0 bridgehead atoms. The molecule has 2 aromatic rings. The van der Waals surface area contributed by atoms with E-state index in [1.807, 2.05) is 36.4 Å². The summed E-state index contributed by atoms with van der Waals surface area (Å²) in [6.07, 6.45) is 0.129. The van der Waals surface area contributed by atoms with Crippen molar-refractivity contribution in [3.05, 3.63) is 42.1 Å². The third kappa shape index (κ3) is 3.07. The molecule has 0 saturated carbocycles. The van der Waals surface area contributed by atoms with Gasteiger partial charge in [0.2, 0.25) is 0 Å². The van der Waals surface area contributed by atoms with Crippen LogP contribution in [0, 0.1) is 0 Å². The van der Waals surface area contributed by atoms with Crippen LogP contribution < -0.4 is 5.73 Å². The van der Waals surface area contributed by atoms with Gasteiger partial charge in [0.1, 0.15) is 0 Å². The molecule has 106 valence electrons. The molecule has 1 aliphatic heterocycles. The molecule has 1 aliphatic rings. The molecule has 5 heteroatoms. The predicted molar refractivity (Wildman–Crippen MR) is 76.0 cm³/mol. The summed E-state index contributed by atoms with van der Waals surface area (Å²) < 4.78 is 11.0. The van der Waals surface area contributed by atoms with Crippen molar-refractivity contribution in [3.63, 3.8) is 0 Å². The summed E-state index contributed by atoms with van der Waals surface area (Å²) in [4.78, 5) is 2.30. The van der Waals surface area contributed by atoms with Gasteiger partial charge in [-0.15, -0.1) is 0 Å². The Labute approximate surface area is 118 Å². The normalized spacial score (nSPS) is 20.1. The number of hydrogen-bond acceptors (Lipinski definition) is 5. The van der Waals surface area contributed by atoms with Gasteiger partial charge in [-0.25, -0.2) is 0 Å².